The number of aryl methyl sites for hydroxylation is 1. The number of benzene rings is 1. The molecule has 0 aliphatic carbocycles. The van der Waals surface area contributed by atoms with Crippen LogP contribution in [-0.2, 0) is 11.8 Å². The summed E-state index contributed by atoms with van der Waals surface area (Å²) in [5.41, 5.74) is 2.10. The lowest BCUT2D eigenvalue weighted by atomic mass is 10.0. The molecule has 2 heterocycles. The number of hydrogen-bond acceptors (Lipinski definition) is 3. The monoisotopic (exact) mass is 325 g/mol. The topological polar surface area (TPSA) is 47.4 Å². The van der Waals surface area contributed by atoms with E-state index < -0.39 is 0 Å². The zero-order valence-electron chi connectivity index (χ0n) is 14.2. The highest BCUT2D eigenvalue weighted by Crippen LogP contribution is 2.33. The number of likely N-dealkylation sites (tertiary alicyclic amines) is 1. The third-order valence-corrected chi connectivity index (χ3v) is 4.25. The number of aromatic nitrogens is 2. The minimum atomic E-state index is 0.0511. The first-order valence-electron chi connectivity index (χ1n) is 8.37. The van der Waals surface area contributed by atoms with E-state index in [-0.39, 0.29) is 11.9 Å². The van der Waals surface area contributed by atoms with Crippen molar-refractivity contribution in [2.24, 2.45) is 7.05 Å². The number of hydrogen-bond donors (Lipinski definition) is 0. The van der Waals surface area contributed by atoms with E-state index >= 15 is 0 Å². The summed E-state index contributed by atoms with van der Waals surface area (Å²) in [6, 6.07) is 8.22. The summed E-state index contributed by atoms with van der Waals surface area (Å²) in [7, 11) is 1.86. The lowest BCUT2D eigenvalue weighted by Gasteiger charge is -2.24. The van der Waals surface area contributed by atoms with E-state index in [9.17, 15) is 4.79 Å². The van der Waals surface area contributed by atoms with E-state index in [0.717, 1.165) is 30.7 Å². The van der Waals surface area contributed by atoms with Crippen LogP contribution in [0.25, 0.3) is 6.08 Å². The molecule has 1 saturated heterocycles. The summed E-state index contributed by atoms with van der Waals surface area (Å²) in [6.45, 7) is 3.43. The highest BCUT2D eigenvalue weighted by Gasteiger charge is 2.28. The molecule has 0 bridgehead atoms. The molecule has 1 aliphatic heterocycles. The maximum atomic E-state index is 12.6. The number of ether oxygens (including phenoxy) is 1. The van der Waals surface area contributed by atoms with Gasteiger partial charge in [-0.25, -0.2) is 0 Å². The van der Waals surface area contributed by atoms with Gasteiger partial charge in [0.15, 0.2) is 0 Å². The lowest BCUT2D eigenvalue weighted by molar-refractivity contribution is -0.126. The summed E-state index contributed by atoms with van der Waals surface area (Å²) < 4.78 is 7.21. The third kappa shape index (κ3) is 3.67. The molecule has 24 heavy (non-hydrogen) atoms. The van der Waals surface area contributed by atoms with Gasteiger partial charge in [-0.2, -0.15) is 5.10 Å². The molecule has 0 N–H and O–H groups in total. The minimum Gasteiger partial charge on any atom is -0.494 e. The highest BCUT2D eigenvalue weighted by atomic mass is 16.5. The van der Waals surface area contributed by atoms with Crippen molar-refractivity contribution in [2.75, 3.05) is 13.2 Å². The van der Waals surface area contributed by atoms with Crippen LogP contribution < -0.4 is 4.74 Å². The van der Waals surface area contributed by atoms with Gasteiger partial charge in [0.05, 0.1) is 18.8 Å². The fourth-order valence-corrected chi connectivity index (χ4v) is 3.12. The van der Waals surface area contributed by atoms with E-state index in [1.165, 1.54) is 5.56 Å². The number of carbonyl (C=O) groups is 1. The van der Waals surface area contributed by atoms with Gasteiger partial charge in [-0.1, -0.05) is 12.1 Å². The molecule has 1 fully saturated rings. The maximum Gasteiger partial charge on any atom is 0.247 e. The van der Waals surface area contributed by atoms with Crippen molar-refractivity contribution in [2.45, 2.75) is 25.8 Å². The zero-order chi connectivity index (χ0) is 16.9. The van der Waals surface area contributed by atoms with Crippen molar-refractivity contribution < 1.29 is 9.53 Å². The van der Waals surface area contributed by atoms with Crippen molar-refractivity contribution in [3.63, 3.8) is 0 Å². The van der Waals surface area contributed by atoms with Gasteiger partial charge in [-0.3, -0.25) is 9.48 Å². The second kappa shape index (κ2) is 7.34. The van der Waals surface area contributed by atoms with Gasteiger partial charge in [0.25, 0.3) is 0 Å². The molecule has 5 heteroatoms. The molecule has 126 valence electrons. The van der Waals surface area contributed by atoms with E-state index in [1.54, 1.807) is 17.0 Å². The van der Waals surface area contributed by atoms with E-state index in [1.807, 2.05) is 43.3 Å². The first-order valence-corrected chi connectivity index (χ1v) is 8.37. The predicted molar refractivity (Wildman–Crippen MR) is 93.5 cm³/mol. The molecule has 1 aromatic heterocycles. The number of carbonyl (C=O) groups excluding carboxylic acids is 1. The number of rotatable bonds is 5. The van der Waals surface area contributed by atoms with Crippen LogP contribution in [0.1, 0.15) is 36.9 Å². The van der Waals surface area contributed by atoms with Gasteiger partial charge >= 0.3 is 0 Å². The van der Waals surface area contributed by atoms with Crippen molar-refractivity contribution in [1.29, 1.82) is 0 Å². The van der Waals surface area contributed by atoms with Crippen molar-refractivity contribution >= 4 is 12.0 Å². The number of nitrogens with zero attached hydrogens (tertiary/aromatic N) is 3. The highest BCUT2D eigenvalue weighted by molar-refractivity contribution is 5.92. The molecule has 1 atom stereocenters. The van der Waals surface area contributed by atoms with Gasteiger partial charge in [0, 0.05) is 31.4 Å². The Bertz CT molecular complexity index is 718. The van der Waals surface area contributed by atoms with E-state index in [0.29, 0.717) is 6.61 Å². The summed E-state index contributed by atoms with van der Waals surface area (Å²) >= 11 is 0. The molecule has 1 amide bonds. The van der Waals surface area contributed by atoms with Gasteiger partial charge in [-0.15, -0.1) is 0 Å². The van der Waals surface area contributed by atoms with Crippen LogP contribution in [0.4, 0.5) is 0 Å². The summed E-state index contributed by atoms with van der Waals surface area (Å²) in [4.78, 5) is 14.5. The van der Waals surface area contributed by atoms with Gasteiger partial charge in [-0.05, 0) is 43.5 Å². The molecule has 1 aliphatic rings. The normalized spacial score (nSPS) is 17.6. The third-order valence-electron chi connectivity index (χ3n) is 4.25. The van der Waals surface area contributed by atoms with Gasteiger partial charge in [0.1, 0.15) is 5.75 Å². The fourth-order valence-electron chi connectivity index (χ4n) is 3.12. The standard InChI is InChI=1S/C19H23N3O2/c1-3-24-17-9-7-16(8-10-17)18-5-4-12-22(18)19(23)11-6-15-13-20-21(2)14-15/h6-11,13-14,18H,3-5,12H2,1-2H3/b11-6+. The molecule has 1 unspecified atom stereocenters. The average molecular weight is 325 g/mol. The second-order valence-electron chi connectivity index (χ2n) is 5.97. The number of amides is 1. The Morgan fingerprint density at radius 2 is 2.17 bits per heavy atom. The first kappa shape index (κ1) is 16.3. The van der Waals surface area contributed by atoms with Crippen molar-refractivity contribution in [3.8, 4) is 5.75 Å². The SMILES string of the molecule is CCOc1ccc(C2CCCN2C(=O)/C=C/c2cnn(C)c2)cc1. The minimum absolute atomic E-state index is 0.0511. The second-order valence-corrected chi connectivity index (χ2v) is 5.97. The van der Waals surface area contributed by atoms with Crippen LogP contribution in [-0.4, -0.2) is 33.7 Å². The van der Waals surface area contributed by atoms with E-state index in [2.05, 4.69) is 17.2 Å². The van der Waals surface area contributed by atoms with Crippen molar-refractivity contribution in [3.05, 3.63) is 53.9 Å². The first-order chi connectivity index (χ1) is 11.7. The van der Waals surface area contributed by atoms with Crippen molar-refractivity contribution in [1.82, 2.24) is 14.7 Å². The molecule has 0 spiro atoms. The molecule has 5 nitrogen and oxygen atoms in total. The Morgan fingerprint density at radius 3 is 2.83 bits per heavy atom. The summed E-state index contributed by atoms with van der Waals surface area (Å²) in [5.74, 6) is 0.920. The zero-order valence-corrected chi connectivity index (χ0v) is 14.2. The maximum absolute atomic E-state index is 12.6. The summed E-state index contributed by atoms with van der Waals surface area (Å²) in [6.07, 6.45) is 9.13. The average Bonchev–Trinajstić information content (AvgIpc) is 3.23. The van der Waals surface area contributed by atoms with Gasteiger partial charge < -0.3 is 9.64 Å². The lowest BCUT2D eigenvalue weighted by Crippen LogP contribution is -2.28. The molecule has 1 aromatic carbocycles. The van der Waals surface area contributed by atoms with Crippen LogP contribution in [0.2, 0.25) is 0 Å². The van der Waals surface area contributed by atoms with Crippen LogP contribution in [0.15, 0.2) is 42.7 Å². The Balaban J connectivity index is 1.70. The quantitative estimate of drug-likeness (QED) is 0.793. The van der Waals surface area contributed by atoms with Crippen LogP contribution >= 0.6 is 0 Å². The predicted octanol–water partition coefficient (Wildman–Crippen LogP) is 3.20. The largest absolute Gasteiger partial charge is 0.494 e. The molecule has 2 aromatic rings. The van der Waals surface area contributed by atoms with Gasteiger partial charge in [0.2, 0.25) is 5.91 Å². The fraction of sp³-hybridized carbons (Fsp3) is 0.368. The van der Waals surface area contributed by atoms with Crippen LogP contribution in [0.3, 0.4) is 0 Å². The molecular weight excluding hydrogens is 302 g/mol. The molecule has 3 rings (SSSR count). The Morgan fingerprint density at radius 1 is 1.38 bits per heavy atom. The smallest absolute Gasteiger partial charge is 0.247 e. The molecule has 0 saturated carbocycles. The van der Waals surface area contributed by atoms with Crippen LogP contribution in [0, 0.1) is 0 Å². The van der Waals surface area contributed by atoms with Crippen LogP contribution in [0.5, 0.6) is 5.75 Å². The molecule has 0 radical (unpaired) electrons. The van der Waals surface area contributed by atoms with E-state index in [4.69, 9.17) is 4.74 Å². The Labute approximate surface area is 142 Å². The Kier molecular flexibility index (Phi) is 4.99. The summed E-state index contributed by atoms with van der Waals surface area (Å²) in [5, 5.41) is 4.11. The molecular formula is C19H23N3O2. The Hall–Kier alpha value is -2.56.